The quantitative estimate of drug-likeness (QED) is 0.419. The lowest BCUT2D eigenvalue weighted by Crippen LogP contribution is -2.35. The Labute approximate surface area is 116 Å². The smallest absolute Gasteiger partial charge is 0.303 e. The lowest BCUT2D eigenvalue weighted by Gasteiger charge is -2.25. The fourth-order valence-electron chi connectivity index (χ4n) is 2.31. The van der Waals surface area contributed by atoms with Gasteiger partial charge in [-0.1, -0.05) is 6.08 Å². The summed E-state index contributed by atoms with van der Waals surface area (Å²) in [5.41, 5.74) is 0. The number of hydrogen-bond acceptors (Lipinski definition) is 5. The molecule has 0 spiro atoms. The number of allylic oxidation sites excluding steroid dienone is 1. The van der Waals surface area contributed by atoms with Crippen LogP contribution >= 0.6 is 0 Å². The fraction of sp³-hybridized carbons (Fsp3) is 0.538. The molecule has 0 aromatic carbocycles. The first-order chi connectivity index (χ1) is 9.25. The van der Waals surface area contributed by atoms with Gasteiger partial charge in [0.15, 0.2) is 0 Å². The summed E-state index contributed by atoms with van der Waals surface area (Å²) in [6.07, 6.45) is 3.42. The maximum absolute atomic E-state index is 11.8. The lowest BCUT2D eigenvalue weighted by molar-refractivity contribution is -0.149. The molecule has 1 aliphatic carbocycles. The minimum Gasteiger partial charge on any atom is -0.481 e. The van der Waals surface area contributed by atoms with Gasteiger partial charge in [0.05, 0.1) is 11.8 Å². The number of ether oxygens (including phenoxy) is 1. The highest BCUT2D eigenvalue weighted by atomic mass is 16.5. The van der Waals surface area contributed by atoms with E-state index in [9.17, 15) is 14.4 Å². The summed E-state index contributed by atoms with van der Waals surface area (Å²) in [6, 6.07) is 0. The Morgan fingerprint density at radius 2 is 1.85 bits per heavy atom. The van der Waals surface area contributed by atoms with Crippen LogP contribution in [0.5, 0.6) is 0 Å². The van der Waals surface area contributed by atoms with Crippen molar-refractivity contribution in [2.24, 2.45) is 11.8 Å². The first-order valence-electron chi connectivity index (χ1n) is 6.10. The Morgan fingerprint density at radius 1 is 1.30 bits per heavy atom. The SMILES string of the molecule is CC(=O)O.CC(=O)O[C@@H]1C=CC[C@@H]2C(=O)N(C)C(=O)[C@@H]21. The number of amides is 2. The van der Waals surface area contributed by atoms with Gasteiger partial charge in [0, 0.05) is 20.9 Å². The number of imide groups is 1. The number of nitrogens with zero attached hydrogens (tertiary/aromatic N) is 1. The molecule has 3 atom stereocenters. The molecule has 1 saturated heterocycles. The molecule has 2 aliphatic rings. The van der Waals surface area contributed by atoms with Crippen LogP contribution in [0.15, 0.2) is 12.2 Å². The van der Waals surface area contributed by atoms with E-state index in [4.69, 9.17) is 14.6 Å². The summed E-state index contributed by atoms with van der Waals surface area (Å²) in [5, 5.41) is 7.42. The second-order valence-corrected chi connectivity index (χ2v) is 4.62. The van der Waals surface area contributed by atoms with Gasteiger partial charge in [-0.15, -0.1) is 0 Å². The summed E-state index contributed by atoms with van der Waals surface area (Å²) < 4.78 is 5.05. The van der Waals surface area contributed by atoms with Crippen LogP contribution in [-0.4, -0.2) is 46.9 Å². The van der Waals surface area contributed by atoms with Crippen molar-refractivity contribution >= 4 is 23.8 Å². The van der Waals surface area contributed by atoms with Crippen LogP contribution in [0.25, 0.3) is 0 Å². The van der Waals surface area contributed by atoms with Gasteiger partial charge in [-0.3, -0.25) is 24.1 Å². The van der Waals surface area contributed by atoms with Gasteiger partial charge in [0.25, 0.3) is 5.97 Å². The number of likely N-dealkylation sites (tertiary alicyclic amines) is 1. The third-order valence-electron chi connectivity index (χ3n) is 3.07. The fourth-order valence-corrected chi connectivity index (χ4v) is 2.31. The molecule has 0 saturated carbocycles. The van der Waals surface area contributed by atoms with Gasteiger partial charge < -0.3 is 9.84 Å². The maximum Gasteiger partial charge on any atom is 0.303 e. The summed E-state index contributed by atoms with van der Waals surface area (Å²) >= 11 is 0. The molecule has 0 aromatic rings. The summed E-state index contributed by atoms with van der Waals surface area (Å²) in [4.78, 5) is 44.6. The number of hydrogen-bond donors (Lipinski definition) is 1. The molecule has 0 aromatic heterocycles. The average Bonchev–Trinajstić information content (AvgIpc) is 2.54. The zero-order chi connectivity index (χ0) is 15.4. The average molecular weight is 283 g/mol. The van der Waals surface area contributed by atoms with E-state index in [2.05, 4.69) is 0 Å². The van der Waals surface area contributed by atoms with Crippen LogP contribution in [0.4, 0.5) is 0 Å². The van der Waals surface area contributed by atoms with E-state index >= 15 is 0 Å². The molecule has 1 fully saturated rings. The molecule has 7 nitrogen and oxygen atoms in total. The largest absolute Gasteiger partial charge is 0.481 e. The minimum atomic E-state index is -0.833. The van der Waals surface area contributed by atoms with Crippen molar-refractivity contribution in [1.82, 2.24) is 4.90 Å². The van der Waals surface area contributed by atoms with Crippen molar-refractivity contribution in [1.29, 1.82) is 0 Å². The van der Waals surface area contributed by atoms with E-state index in [1.165, 1.54) is 14.0 Å². The van der Waals surface area contributed by atoms with E-state index < -0.39 is 24.0 Å². The normalized spacial score (nSPS) is 27.6. The topological polar surface area (TPSA) is 101 Å². The number of fused-ring (bicyclic) bond motifs is 1. The van der Waals surface area contributed by atoms with Crippen molar-refractivity contribution in [2.45, 2.75) is 26.4 Å². The van der Waals surface area contributed by atoms with Gasteiger partial charge in [-0.2, -0.15) is 0 Å². The van der Waals surface area contributed by atoms with Gasteiger partial charge in [0.2, 0.25) is 11.8 Å². The van der Waals surface area contributed by atoms with E-state index in [-0.39, 0.29) is 17.7 Å². The van der Waals surface area contributed by atoms with E-state index in [0.717, 1.165) is 11.8 Å². The number of aliphatic carboxylic acids is 1. The highest BCUT2D eigenvalue weighted by Gasteiger charge is 2.50. The summed E-state index contributed by atoms with van der Waals surface area (Å²) in [7, 11) is 1.47. The standard InChI is InChI=1S/C11H13NO4.C2H4O2/c1-6(13)16-8-5-3-4-7-9(8)11(15)12(2)10(7)14;1-2(3)4/h3,5,7-9H,4H2,1-2H3;1H3,(H,3,4)/t7-,8+,9-;/m0./s1. The van der Waals surface area contributed by atoms with Crippen LogP contribution < -0.4 is 0 Å². The predicted octanol–water partition coefficient (Wildman–Crippen LogP) is 0.200. The minimum absolute atomic E-state index is 0.184. The Balaban J connectivity index is 0.000000444. The summed E-state index contributed by atoms with van der Waals surface area (Å²) in [6.45, 7) is 2.38. The van der Waals surface area contributed by atoms with E-state index in [1.807, 2.05) is 0 Å². The van der Waals surface area contributed by atoms with Gasteiger partial charge in [0.1, 0.15) is 6.10 Å². The Morgan fingerprint density at radius 3 is 2.35 bits per heavy atom. The van der Waals surface area contributed by atoms with Crippen LogP contribution in [0.3, 0.4) is 0 Å². The molecule has 110 valence electrons. The lowest BCUT2D eigenvalue weighted by atomic mass is 9.83. The predicted molar refractivity (Wildman–Crippen MR) is 67.4 cm³/mol. The molecule has 2 amide bonds. The molecular weight excluding hydrogens is 266 g/mol. The number of rotatable bonds is 1. The molecular formula is C13H17NO6. The molecule has 2 rings (SSSR count). The van der Waals surface area contributed by atoms with Crippen molar-refractivity contribution < 1.29 is 29.0 Å². The highest BCUT2D eigenvalue weighted by Crippen LogP contribution is 2.35. The Hall–Kier alpha value is -2.18. The third kappa shape index (κ3) is 3.43. The number of carboxylic acid groups (broad SMARTS) is 1. The molecule has 1 N–H and O–H groups in total. The van der Waals surface area contributed by atoms with Crippen molar-refractivity contribution in [3.05, 3.63) is 12.2 Å². The molecule has 0 unspecified atom stereocenters. The van der Waals surface area contributed by atoms with Crippen LogP contribution in [0, 0.1) is 11.8 Å². The monoisotopic (exact) mass is 283 g/mol. The molecule has 0 bridgehead atoms. The van der Waals surface area contributed by atoms with Crippen molar-refractivity contribution in [3.8, 4) is 0 Å². The number of carboxylic acids is 1. The molecule has 1 aliphatic heterocycles. The van der Waals surface area contributed by atoms with E-state index in [0.29, 0.717) is 6.42 Å². The Bertz CT molecular complexity index is 465. The van der Waals surface area contributed by atoms with E-state index in [1.54, 1.807) is 12.2 Å². The van der Waals surface area contributed by atoms with Crippen molar-refractivity contribution in [2.75, 3.05) is 7.05 Å². The third-order valence-corrected chi connectivity index (χ3v) is 3.07. The second kappa shape index (κ2) is 6.31. The first-order valence-corrected chi connectivity index (χ1v) is 6.10. The van der Waals surface area contributed by atoms with Crippen LogP contribution in [0.1, 0.15) is 20.3 Å². The van der Waals surface area contributed by atoms with Crippen LogP contribution in [0.2, 0.25) is 0 Å². The van der Waals surface area contributed by atoms with Gasteiger partial charge in [-0.05, 0) is 12.5 Å². The summed E-state index contributed by atoms with van der Waals surface area (Å²) in [5.74, 6) is -2.62. The maximum atomic E-state index is 11.8. The van der Waals surface area contributed by atoms with Gasteiger partial charge in [-0.25, -0.2) is 0 Å². The number of carbonyl (C=O) groups excluding carboxylic acids is 3. The highest BCUT2D eigenvalue weighted by molar-refractivity contribution is 6.05. The molecule has 20 heavy (non-hydrogen) atoms. The number of carbonyl (C=O) groups is 4. The van der Waals surface area contributed by atoms with Gasteiger partial charge >= 0.3 is 5.97 Å². The Kier molecular flexibility index (Phi) is 5.01. The zero-order valence-electron chi connectivity index (χ0n) is 11.5. The number of esters is 1. The van der Waals surface area contributed by atoms with Crippen molar-refractivity contribution in [3.63, 3.8) is 0 Å². The zero-order valence-corrected chi connectivity index (χ0v) is 11.5. The molecule has 1 heterocycles. The molecule has 7 heteroatoms. The first kappa shape index (κ1) is 15.9. The van der Waals surface area contributed by atoms with Crippen LogP contribution in [-0.2, 0) is 23.9 Å². The second-order valence-electron chi connectivity index (χ2n) is 4.62. The molecule has 0 radical (unpaired) electrons.